The Morgan fingerprint density at radius 3 is 2.65 bits per heavy atom. The van der Waals surface area contributed by atoms with Crippen molar-refractivity contribution in [3.8, 4) is 5.75 Å². The fraction of sp³-hybridized carbons (Fsp3) is 0.312. The predicted molar refractivity (Wildman–Crippen MR) is 91.8 cm³/mol. The van der Waals surface area contributed by atoms with E-state index in [2.05, 4.69) is 4.98 Å². The Kier molecular flexibility index (Phi) is 4.45. The SMILES string of the molecule is COc1cccc2c1CCC2C(=O)NS(=O)(=O)c1c(C)[nH]c(=O)[nH]c1=O. The van der Waals surface area contributed by atoms with E-state index in [1.165, 1.54) is 14.0 Å². The zero-order chi connectivity index (χ0) is 19.1. The number of methoxy groups -OCH3 is 1. The molecule has 1 unspecified atom stereocenters. The summed E-state index contributed by atoms with van der Waals surface area (Å²) in [4.78, 5) is 39.0. The lowest BCUT2D eigenvalue weighted by molar-refractivity contribution is -0.120. The number of hydrogen-bond donors (Lipinski definition) is 3. The minimum atomic E-state index is -4.44. The Morgan fingerprint density at radius 1 is 1.27 bits per heavy atom. The molecule has 0 saturated carbocycles. The number of fused-ring (bicyclic) bond motifs is 1. The maximum absolute atomic E-state index is 12.6. The molecule has 1 atom stereocenters. The monoisotopic (exact) mass is 379 g/mol. The molecule has 0 aliphatic heterocycles. The highest BCUT2D eigenvalue weighted by atomic mass is 32.2. The molecule has 2 aromatic rings. The number of aromatic amines is 2. The normalized spacial score (nSPS) is 16.2. The van der Waals surface area contributed by atoms with E-state index in [0.29, 0.717) is 24.2 Å². The molecule has 1 aliphatic rings. The van der Waals surface area contributed by atoms with Gasteiger partial charge in [-0.3, -0.25) is 14.6 Å². The summed E-state index contributed by atoms with van der Waals surface area (Å²) in [6.07, 6.45) is 1.01. The lowest BCUT2D eigenvalue weighted by Crippen LogP contribution is -2.39. The van der Waals surface area contributed by atoms with E-state index < -0.39 is 38.0 Å². The van der Waals surface area contributed by atoms with Crippen LogP contribution in [-0.4, -0.2) is 31.4 Å². The number of rotatable bonds is 4. The standard InChI is InChI=1S/C16H17N3O6S/c1-8-13(15(21)18-16(22)17-8)26(23,24)19-14(20)11-7-6-10-9(11)4-3-5-12(10)25-2/h3-5,11H,6-7H2,1-2H3,(H,19,20)(H2,17,18,21,22). The number of ether oxygens (including phenoxy) is 1. The first kappa shape index (κ1) is 17.9. The molecule has 1 amide bonds. The van der Waals surface area contributed by atoms with Gasteiger partial charge in [0.05, 0.1) is 13.0 Å². The maximum Gasteiger partial charge on any atom is 0.325 e. The highest BCUT2D eigenvalue weighted by Crippen LogP contribution is 2.38. The third kappa shape index (κ3) is 3.03. The molecule has 3 rings (SSSR count). The van der Waals surface area contributed by atoms with Gasteiger partial charge < -0.3 is 9.72 Å². The van der Waals surface area contributed by atoms with E-state index in [9.17, 15) is 22.8 Å². The second kappa shape index (κ2) is 6.45. The first-order valence-corrected chi connectivity index (χ1v) is 9.28. The van der Waals surface area contributed by atoms with Crippen LogP contribution in [0, 0.1) is 6.92 Å². The minimum Gasteiger partial charge on any atom is -0.496 e. The molecule has 26 heavy (non-hydrogen) atoms. The van der Waals surface area contributed by atoms with Gasteiger partial charge in [-0.2, -0.15) is 0 Å². The van der Waals surface area contributed by atoms with Crippen LogP contribution in [0.25, 0.3) is 0 Å². The maximum atomic E-state index is 12.6. The number of carbonyl (C=O) groups is 1. The molecular weight excluding hydrogens is 362 g/mol. The lowest BCUT2D eigenvalue weighted by Gasteiger charge is -2.14. The van der Waals surface area contributed by atoms with Crippen LogP contribution in [0.1, 0.15) is 29.2 Å². The second-order valence-electron chi connectivity index (χ2n) is 5.95. The average Bonchev–Trinajstić information content (AvgIpc) is 2.97. The van der Waals surface area contributed by atoms with E-state index in [4.69, 9.17) is 4.74 Å². The number of nitrogens with one attached hydrogen (secondary N) is 3. The number of carbonyl (C=O) groups excluding carboxylic acids is 1. The van der Waals surface area contributed by atoms with Gasteiger partial charge >= 0.3 is 5.69 Å². The summed E-state index contributed by atoms with van der Waals surface area (Å²) >= 11 is 0. The van der Waals surface area contributed by atoms with Crippen LogP contribution in [-0.2, 0) is 21.2 Å². The number of H-pyrrole nitrogens is 2. The van der Waals surface area contributed by atoms with Crippen LogP contribution in [0.3, 0.4) is 0 Å². The number of benzene rings is 1. The summed E-state index contributed by atoms with van der Waals surface area (Å²) in [5, 5.41) is 0. The smallest absolute Gasteiger partial charge is 0.325 e. The lowest BCUT2D eigenvalue weighted by atomic mass is 10.0. The quantitative estimate of drug-likeness (QED) is 0.679. The summed E-state index contributed by atoms with van der Waals surface area (Å²) < 4.78 is 32.2. The van der Waals surface area contributed by atoms with Gasteiger partial charge in [-0.1, -0.05) is 12.1 Å². The highest BCUT2D eigenvalue weighted by molar-refractivity contribution is 7.90. The van der Waals surface area contributed by atoms with E-state index >= 15 is 0 Å². The summed E-state index contributed by atoms with van der Waals surface area (Å²) in [5.41, 5.74) is -0.489. The van der Waals surface area contributed by atoms with Crippen LogP contribution >= 0.6 is 0 Å². The minimum absolute atomic E-state index is 0.146. The van der Waals surface area contributed by atoms with Gasteiger partial charge in [-0.25, -0.2) is 17.9 Å². The molecular formula is C16H17N3O6S. The molecule has 0 fully saturated rings. The second-order valence-corrected chi connectivity index (χ2v) is 7.57. The molecule has 1 aromatic heterocycles. The molecule has 0 bridgehead atoms. The van der Waals surface area contributed by atoms with Crippen molar-refractivity contribution < 1.29 is 17.9 Å². The highest BCUT2D eigenvalue weighted by Gasteiger charge is 2.34. The van der Waals surface area contributed by atoms with Crippen LogP contribution in [0.5, 0.6) is 5.75 Å². The van der Waals surface area contributed by atoms with Crippen molar-refractivity contribution >= 4 is 15.9 Å². The zero-order valence-corrected chi connectivity index (χ0v) is 14.9. The molecule has 1 aromatic carbocycles. The van der Waals surface area contributed by atoms with E-state index in [-0.39, 0.29) is 5.69 Å². The summed E-state index contributed by atoms with van der Waals surface area (Å²) in [7, 11) is -2.91. The van der Waals surface area contributed by atoms with Crippen molar-refractivity contribution in [2.24, 2.45) is 0 Å². The number of aromatic nitrogens is 2. The average molecular weight is 379 g/mol. The number of amides is 1. The molecule has 0 spiro atoms. The van der Waals surface area contributed by atoms with Crippen molar-refractivity contribution in [1.82, 2.24) is 14.7 Å². The molecule has 10 heteroatoms. The summed E-state index contributed by atoms with van der Waals surface area (Å²) in [6.45, 7) is 1.27. The fourth-order valence-electron chi connectivity index (χ4n) is 3.25. The van der Waals surface area contributed by atoms with Crippen molar-refractivity contribution in [3.05, 3.63) is 55.9 Å². The Bertz CT molecular complexity index is 1100. The Morgan fingerprint density at radius 2 is 2.00 bits per heavy atom. The van der Waals surface area contributed by atoms with Crippen molar-refractivity contribution in [3.63, 3.8) is 0 Å². The third-order valence-corrected chi connectivity index (χ3v) is 5.84. The van der Waals surface area contributed by atoms with Gasteiger partial charge in [0, 0.05) is 5.69 Å². The summed E-state index contributed by atoms with van der Waals surface area (Å²) in [6, 6.07) is 5.26. The van der Waals surface area contributed by atoms with Gasteiger partial charge in [0.1, 0.15) is 5.75 Å². The van der Waals surface area contributed by atoms with Gasteiger partial charge in [0.15, 0.2) is 4.90 Å². The van der Waals surface area contributed by atoms with Gasteiger partial charge in [-0.05, 0) is 37.0 Å². The topological polar surface area (TPSA) is 138 Å². The van der Waals surface area contributed by atoms with E-state index in [0.717, 1.165) is 5.56 Å². The van der Waals surface area contributed by atoms with Crippen LogP contribution in [0.2, 0.25) is 0 Å². The molecule has 138 valence electrons. The van der Waals surface area contributed by atoms with Crippen LogP contribution in [0.4, 0.5) is 0 Å². The first-order chi connectivity index (χ1) is 12.2. The van der Waals surface area contributed by atoms with E-state index in [1.807, 2.05) is 9.71 Å². The molecule has 3 N–H and O–H groups in total. The van der Waals surface area contributed by atoms with Gasteiger partial charge in [0.25, 0.3) is 15.6 Å². The first-order valence-electron chi connectivity index (χ1n) is 7.80. The molecule has 1 heterocycles. The molecule has 1 aliphatic carbocycles. The van der Waals surface area contributed by atoms with Crippen molar-refractivity contribution in [2.45, 2.75) is 30.6 Å². The largest absolute Gasteiger partial charge is 0.496 e. The number of sulfonamides is 1. The molecule has 0 saturated heterocycles. The van der Waals surface area contributed by atoms with E-state index in [1.54, 1.807) is 18.2 Å². The Hall–Kier alpha value is -2.88. The summed E-state index contributed by atoms with van der Waals surface area (Å²) in [5.74, 6) is -0.757. The zero-order valence-electron chi connectivity index (χ0n) is 14.1. The Balaban J connectivity index is 1.93. The van der Waals surface area contributed by atoms with Crippen LogP contribution < -0.4 is 20.7 Å². The van der Waals surface area contributed by atoms with Crippen LogP contribution in [0.15, 0.2) is 32.7 Å². The molecule has 9 nitrogen and oxygen atoms in total. The van der Waals surface area contributed by atoms with Gasteiger partial charge in [0.2, 0.25) is 5.91 Å². The Labute approximate surface area is 148 Å². The number of hydrogen-bond acceptors (Lipinski definition) is 6. The molecule has 0 radical (unpaired) electrons. The fourth-order valence-corrected chi connectivity index (χ4v) is 4.51. The predicted octanol–water partition coefficient (Wildman–Crippen LogP) is -0.0849. The van der Waals surface area contributed by atoms with Gasteiger partial charge in [-0.15, -0.1) is 0 Å². The third-order valence-electron chi connectivity index (χ3n) is 4.34. The van der Waals surface area contributed by atoms with Crippen molar-refractivity contribution in [1.29, 1.82) is 0 Å². The number of aryl methyl sites for hydroxylation is 1. The van der Waals surface area contributed by atoms with Crippen molar-refractivity contribution in [2.75, 3.05) is 7.11 Å².